The smallest absolute Gasteiger partial charge is 0.0666 e. The molecule has 1 aliphatic rings. The molecule has 0 radical (unpaired) electrons. The van der Waals surface area contributed by atoms with E-state index in [4.69, 9.17) is 0 Å². The Hall–Kier alpha value is -0.870. The summed E-state index contributed by atoms with van der Waals surface area (Å²) in [4.78, 5) is 2.58. The van der Waals surface area contributed by atoms with Gasteiger partial charge in [-0.15, -0.1) is 0 Å². The van der Waals surface area contributed by atoms with E-state index in [-0.39, 0.29) is 0 Å². The summed E-state index contributed by atoms with van der Waals surface area (Å²) >= 11 is 0. The van der Waals surface area contributed by atoms with Crippen molar-refractivity contribution in [3.05, 3.63) is 17.5 Å². The fourth-order valence-corrected chi connectivity index (χ4v) is 2.96. The largest absolute Gasteiger partial charge is 0.310 e. The summed E-state index contributed by atoms with van der Waals surface area (Å²) in [5.41, 5.74) is 2.60. The molecule has 4 heteroatoms. The first-order chi connectivity index (χ1) is 9.22. The molecule has 2 heterocycles. The van der Waals surface area contributed by atoms with E-state index in [1.54, 1.807) is 0 Å². The topological polar surface area (TPSA) is 33.1 Å². The number of aryl methyl sites for hydroxylation is 2. The van der Waals surface area contributed by atoms with Gasteiger partial charge < -0.3 is 10.2 Å². The van der Waals surface area contributed by atoms with Gasteiger partial charge in [0.25, 0.3) is 0 Å². The van der Waals surface area contributed by atoms with Gasteiger partial charge in [-0.2, -0.15) is 5.10 Å². The predicted octanol–water partition coefficient (Wildman–Crippen LogP) is 1.95. The van der Waals surface area contributed by atoms with Crippen molar-refractivity contribution < 1.29 is 0 Å². The van der Waals surface area contributed by atoms with Crippen molar-refractivity contribution in [2.45, 2.75) is 52.1 Å². The van der Waals surface area contributed by atoms with Crippen molar-refractivity contribution in [1.29, 1.82) is 0 Å². The minimum absolute atomic E-state index is 0.679. The Bertz CT molecular complexity index is 377. The van der Waals surface area contributed by atoms with Gasteiger partial charge >= 0.3 is 0 Å². The molecule has 1 aliphatic heterocycles. The number of piperidine rings is 1. The van der Waals surface area contributed by atoms with E-state index in [2.05, 4.69) is 35.4 Å². The molecule has 1 fully saturated rings. The quantitative estimate of drug-likeness (QED) is 0.852. The highest BCUT2D eigenvalue weighted by molar-refractivity contribution is 5.16. The van der Waals surface area contributed by atoms with Crippen LogP contribution in [-0.2, 0) is 20.0 Å². The van der Waals surface area contributed by atoms with Crippen molar-refractivity contribution in [3.8, 4) is 0 Å². The molecule has 1 N–H and O–H groups in total. The van der Waals surface area contributed by atoms with Gasteiger partial charge in [-0.05, 0) is 45.3 Å². The Morgan fingerprint density at radius 3 is 2.68 bits per heavy atom. The third kappa shape index (κ3) is 4.05. The Kier molecular flexibility index (Phi) is 5.40. The molecule has 1 aromatic heterocycles. The maximum atomic E-state index is 4.50. The van der Waals surface area contributed by atoms with Crippen LogP contribution < -0.4 is 5.32 Å². The Morgan fingerprint density at radius 1 is 1.32 bits per heavy atom. The molecule has 0 spiro atoms. The molecular formula is C15H28N4. The predicted molar refractivity (Wildman–Crippen MR) is 79.2 cm³/mol. The van der Waals surface area contributed by atoms with Crippen molar-refractivity contribution in [2.75, 3.05) is 19.6 Å². The molecule has 0 bridgehead atoms. The van der Waals surface area contributed by atoms with Crippen molar-refractivity contribution >= 4 is 0 Å². The number of aromatic nitrogens is 2. The molecule has 108 valence electrons. The van der Waals surface area contributed by atoms with E-state index in [0.717, 1.165) is 13.0 Å². The van der Waals surface area contributed by atoms with Crippen LogP contribution in [-0.4, -0.2) is 40.4 Å². The molecule has 0 aliphatic carbocycles. The van der Waals surface area contributed by atoms with E-state index in [1.807, 2.05) is 11.7 Å². The normalized spacial score (nSPS) is 18.1. The second kappa shape index (κ2) is 7.06. The fraction of sp³-hybridized carbons (Fsp3) is 0.800. The Labute approximate surface area is 117 Å². The molecule has 1 saturated heterocycles. The number of nitrogens with one attached hydrogen (secondary N) is 1. The molecule has 0 aromatic carbocycles. The zero-order valence-corrected chi connectivity index (χ0v) is 12.7. The van der Waals surface area contributed by atoms with Crippen LogP contribution in [0.3, 0.4) is 0 Å². The third-order valence-corrected chi connectivity index (χ3v) is 4.04. The Balaban J connectivity index is 1.77. The van der Waals surface area contributed by atoms with Gasteiger partial charge in [0.1, 0.15) is 0 Å². The molecule has 19 heavy (non-hydrogen) atoms. The second-order valence-corrected chi connectivity index (χ2v) is 5.63. The standard InChI is InChI=1S/C15H28N4/c1-4-8-19-9-6-14(7-10-19)16-11-13-12-18(3)17-15(13)5-2/h12,14,16H,4-11H2,1-3H3. The lowest BCUT2D eigenvalue weighted by Crippen LogP contribution is -2.42. The van der Waals surface area contributed by atoms with Crippen LogP contribution >= 0.6 is 0 Å². The Morgan fingerprint density at radius 2 is 2.05 bits per heavy atom. The molecule has 2 rings (SSSR count). The van der Waals surface area contributed by atoms with Gasteiger partial charge in [-0.25, -0.2) is 0 Å². The van der Waals surface area contributed by atoms with Gasteiger partial charge in [0.05, 0.1) is 5.69 Å². The zero-order valence-electron chi connectivity index (χ0n) is 12.7. The van der Waals surface area contributed by atoms with Crippen molar-refractivity contribution in [1.82, 2.24) is 20.0 Å². The van der Waals surface area contributed by atoms with Crippen molar-refractivity contribution in [2.24, 2.45) is 7.05 Å². The SMILES string of the molecule is CCCN1CCC(NCc2cn(C)nc2CC)CC1. The van der Waals surface area contributed by atoms with Gasteiger partial charge in [0.15, 0.2) is 0 Å². The van der Waals surface area contributed by atoms with E-state index in [9.17, 15) is 0 Å². The summed E-state index contributed by atoms with van der Waals surface area (Å²) in [6, 6.07) is 0.679. The maximum Gasteiger partial charge on any atom is 0.0666 e. The monoisotopic (exact) mass is 264 g/mol. The molecule has 0 amide bonds. The first-order valence-electron chi connectivity index (χ1n) is 7.70. The number of nitrogens with zero attached hydrogens (tertiary/aromatic N) is 3. The highest BCUT2D eigenvalue weighted by Gasteiger charge is 2.18. The lowest BCUT2D eigenvalue weighted by atomic mass is 10.0. The first-order valence-corrected chi connectivity index (χ1v) is 7.70. The molecule has 4 nitrogen and oxygen atoms in total. The zero-order chi connectivity index (χ0) is 13.7. The molecule has 1 aromatic rings. The van der Waals surface area contributed by atoms with Crippen LogP contribution in [0.15, 0.2) is 6.20 Å². The van der Waals surface area contributed by atoms with Crippen molar-refractivity contribution in [3.63, 3.8) is 0 Å². The minimum Gasteiger partial charge on any atom is -0.310 e. The lowest BCUT2D eigenvalue weighted by molar-refractivity contribution is 0.197. The minimum atomic E-state index is 0.679. The fourth-order valence-electron chi connectivity index (χ4n) is 2.96. The highest BCUT2D eigenvalue weighted by atomic mass is 15.3. The summed E-state index contributed by atoms with van der Waals surface area (Å²) in [6.45, 7) is 9.16. The summed E-state index contributed by atoms with van der Waals surface area (Å²) in [5, 5.41) is 8.21. The van der Waals surface area contributed by atoms with Crippen LogP contribution in [0, 0.1) is 0 Å². The lowest BCUT2D eigenvalue weighted by Gasteiger charge is -2.32. The molecule has 0 saturated carbocycles. The number of hydrogen-bond donors (Lipinski definition) is 1. The van der Waals surface area contributed by atoms with Crippen LogP contribution in [0.5, 0.6) is 0 Å². The number of hydrogen-bond acceptors (Lipinski definition) is 3. The van der Waals surface area contributed by atoms with Crippen LogP contribution in [0.2, 0.25) is 0 Å². The summed E-state index contributed by atoms with van der Waals surface area (Å²) < 4.78 is 1.93. The van der Waals surface area contributed by atoms with Gasteiger partial charge in [0.2, 0.25) is 0 Å². The van der Waals surface area contributed by atoms with Gasteiger partial charge in [-0.1, -0.05) is 13.8 Å². The molecule has 0 unspecified atom stereocenters. The summed E-state index contributed by atoms with van der Waals surface area (Å²) in [7, 11) is 2.01. The maximum absolute atomic E-state index is 4.50. The van der Waals surface area contributed by atoms with Gasteiger partial charge in [-0.3, -0.25) is 4.68 Å². The first kappa shape index (κ1) is 14.5. The average molecular weight is 264 g/mol. The van der Waals surface area contributed by atoms with Crippen LogP contribution in [0.25, 0.3) is 0 Å². The highest BCUT2D eigenvalue weighted by Crippen LogP contribution is 2.13. The van der Waals surface area contributed by atoms with E-state index in [1.165, 1.54) is 50.2 Å². The van der Waals surface area contributed by atoms with Gasteiger partial charge in [0, 0.05) is 31.4 Å². The van der Waals surface area contributed by atoms with E-state index >= 15 is 0 Å². The third-order valence-electron chi connectivity index (χ3n) is 4.04. The number of likely N-dealkylation sites (tertiary alicyclic amines) is 1. The number of rotatable bonds is 6. The van der Waals surface area contributed by atoms with E-state index in [0.29, 0.717) is 6.04 Å². The average Bonchev–Trinajstić information content (AvgIpc) is 2.79. The van der Waals surface area contributed by atoms with E-state index < -0.39 is 0 Å². The molecular weight excluding hydrogens is 236 g/mol. The summed E-state index contributed by atoms with van der Waals surface area (Å²) in [5.74, 6) is 0. The summed E-state index contributed by atoms with van der Waals surface area (Å²) in [6.07, 6.45) is 7.00. The molecule has 0 atom stereocenters. The van der Waals surface area contributed by atoms with Crippen LogP contribution in [0.4, 0.5) is 0 Å². The van der Waals surface area contributed by atoms with Crippen LogP contribution in [0.1, 0.15) is 44.4 Å². The second-order valence-electron chi connectivity index (χ2n) is 5.63.